The number of aryl methyl sites for hydroxylation is 1. The molecule has 0 aliphatic carbocycles. The number of nitrogens with one attached hydrogen (secondary N) is 1. The Labute approximate surface area is 125 Å². The summed E-state index contributed by atoms with van der Waals surface area (Å²) in [6.45, 7) is 10.5. The summed E-state index contributed by atoms with van der Waals surface area (Å²) in [7, 11) is 0. The van der Waals surface area contributed by atoms with Crippen molar-refractivity contribution in [3.63, 3.8) is 0 Å². The van der Waals surface area contributed by atoms with E-state index in [0.717, 1.165) is 18.8 Å². The highest BCUT2D eigenvalue weighted by molar-refractivity contribution is 5.91. The van der Waals surface area contributed by atoms with Gasteiger partial charge in [-0.05, 0) is 27.7 Å². The lowest BCUT2D eigenvalue weighted by Gasteiger charge is -2.38. The fourth-order valence-corrected chi connectivity index (χ4v) is 2.55. The molecule has 3 atom stereocenters. The van der Waals surface area contributed by atoms with Gasteiger partial charge in [-0.1, -0.05) is 0 Å². The highest BCUT2D eigenvalue weighted by atomic mass is 16.5. The first-order chi connectivity index (χ1) is 9.95. The predicted molar refractivity (Wildman–Crippen MR) is 80.1 cm³/mol. The molecule has 1 fully saturated rings. The van der Waals surface area contributed by atoms with Crippen LogP contribution in [0.3, 0.4) is 0 Å². The maximum Gasteiger partial charge on any atom is 0.271 e. The number of carbonyl (C=O) groups excluding carboxylic acids is 1. The number of aromatic nitrogens is 2. The highest BCUT2D eigenvalue weighted by Crippen LogP contribution is 2.13. The molecule has 1 aliphatic rings. The molecule has 1 saturated heterocycles. The summed E-state index contributed by atoms with van der Waals surface area (Å²) < 4.78 is 5.73. The van der Waals surface area contributed by atoms with Crippen molar-refractivity contribution >= 4 is 5.91 Å². The number of morpholine rings is 1. The van der Waals surface area contributed by atoms with Crippen molar-refractivity contribution in [2.75, 3.05) is 19.6 Å². The van der Waals surface area contributed by atoms with Crippen LogP contribution in [0, 0.1) is 6.92 Å². The van der Waals surface area contributed by atoms with Gasteiger partial charge in [0.1, 0.15) is 5.69 Å². The zero-order chi connectivity index (χ0) is 15.4. The van der Waals surface area contributed by atoms with Gasteiger partial charge in [-0.2, -0.15) is 0 Å². The predicted octanol–water partition coefficient (Wildman–Crippen LogP) is 1.01. The van der Waals surface area contributed by atoms with E-state index in [1.807, 2.05) is 6.92 Å². The van der Waals surface area contributed by atoms with Crippen molar-refractivity contribution in [1.29, 1.82) is 0 Å². The first-order valence-electron chi connectivity index (χ1n) is 7.42. The van der Waals surface area contributed by atoms with Crippen molar-refractivity contribution in [1.82, 2.24) is 20.2 Å². The molecular formula is C15H24N4O2. The van der Waals surface area contributed by atoms with Crippen LogP contribution in [0.4, 0.5) is 0 Å². The number of hydrogen-bond acceptors (Lipinski definition) is 5. The summed E-state index contributed by atoms with van der Waals surface area (Å²) in [6.07, 6.45) is 3.57. The van der Waals surface area contributed by atoms with E-state index in [0.29, 0.717) is 12.2 Å². The number of carbonyl (C=O) groups is 1. The molecule has 6 heteroatoms. The van der Waals surface area contributed by atoms with Crippen molar-refractivity contribution in [3.8, 4) is 0 Å². The summed E-state index contributed by atoms with van der Waals surface area (Å²) in [5.74, 6) is -0.177. The molecule has 3 unspecified atom stereocenters. The third kappa shape index (κ3) is 4.47. The third-order valence-electron chi connectivity index (χ3n) is 3.64. The minimum absolute atomic E-state index is 0.177. The lowest BCUT2D eigenvalue weighted by atomic mass is 10.1. The Morgan fingerprint density at radius 1 is 1.38 bits per heavy atom. The summed E-state index contributed by atoms with van der Waals surface area (Å²) in [5, 5.41) is 2.92. The number of hydrogen-bond donors (Lipinski definition) is 1. The number of nitrogens with zero attached hydrogens (tertiary/aromatic N) is 3. The second-order valence-electron chi connectivity index (χ2n) is 5.81. The van der Waals surface area contributed by atoms with E-state index < -0.39 is 0 Å². The molecule has 6 nitrogen and oxygen atoms in total. The molecule has 1 amide bonds. The van der Waals surface area contributed by atoms with Crippen LogP contribution in [0.1, 0.15) is 37.0 Å². The van der Waals surface area contributed by atoms with Gasteiger partial charge in [0.2, 0.25) is 0 Å². The van der Waals surface area contributed by atoms with Crippen LogP contribution >= 0.6 is 0 Å². The Bertz CT molecular complexity index is 467. The summed E-state index contributed by atoms with van der Waals surface area (Å²) in [6, 6.07) is 0.265. The Hall–Kier alpha value is -1.53. The van der Waals surface area contributed by atoms with E-state index in [2.05, 4.69) is 41.0 Å². The zero-order valence-corrected chi connectivity index (χ0v) is 13.2. The van der Waals surface area contributed by atoms with E-state index in [1.165, 1.54) is 6.20 Å². The van der Waals surface area contributed by atoms with E-state index in [4.69, 9.17) is 4.74 Å². The molecule has 0 radical (unpaired) electrons. The first kappa shape index (κ1) is 15.9. The number of rotatable bonds is 4. The largest absolute Gasteiger partial charge is 0.373 e. The normalized spacial score (nSPS) is 24.6. The zero-order valence-electron chi connectivity index (χ0n) is 13.2. The lowest BCUT2D eigenvalue weighted by Crippen LogP contribution is -2.52. The van der Waals surface area contributed by atoms with Gasteiger partial charge in [0, 0.05) is 31.9 Å². The molecule has 2 rings (SSSR count). The van der Waals surface area contributed by atoms with Crippen LogP contribution in [0.15, 0.2) is 12.4 Å². The van der Waals surface area contributed by atoms with E-state index in [-0.39, 0.29) is 24.2 Å². The molecule has 1 aromatic heterocycles. The second kappa shape index (κ2) is 6.95. The molecule has 1 aliphatic heterocycles. The molecule has 1 N–H and O–H groups in total. The fraction of sp³-hybridized carbons (Fsp3) is 0.667. The van der Waals surface area contributed by atoms with Crippen LogP contribution < -0.4 is 5.32 Å². The maximum atomic E-state index is 12.0. The van der Waals surface area contributed by atoms with E-state index in [1.54, 1.807) is 6.20 Å². The Balaban J connectivity index is 1.84. The molecule has 116 valence electrons. The molecule has 2 heterocycles. The van der Waals surface area contributed by atoms with Crippen molar-refractivity contribution in [3.05, 3.63) is 23.8 Å². The monoisotopic (exact) mass is 292 g/mol. The molecular weight excluding hydrogens is 268 g/mol. The van der Waals surface area contributed by atoms with Crippen LogP contribution in [0.25, 0.3) is 0 Å². The van der Waals surface area contributed by atoms with Gasteiger partial charge in [0.05, 0.1) is 24.1 Å². The van der Waals surface area contributed by atoms with Crippen LogP contribution in [-0.4, -0.2) is 58.7 Å². The molecule has 0 aromatic carbocycles. The standard InChI is InChI=1S/C15H24N4O2/c1-10-5-17-14(7-16-10)15(20)18-6-11(2)19-8-12(3)21-13(4)9-19/h5,7,11-13H,6,8-9H2,1-4H3,(H,18,20). The molecule has 0 saturated carbocycles. The van der Waals surface area contributed by atoms with Gasteiger partial charge >= 0.3 is 0 Å². The molecule has 0 spiro atoms. The van der Waals surface area contributed by atoms with E-state index >= 15 is 0 Å². The minimum Gasteiger partial charge on any atom is -0.373 e. The average Bonchev–Trinajstić information content (AvgIpc) is 2.44. The van der Waals surface area contributed by atoms with Gasteiger partial charge in [-0.15, -0.1) is 0 Å². The fourth-order valence-electron chi connectivity index (χ4n) is 2.55. The Morgan fingerprint density at radius 2 is 2.05 bits per heavy atom. The van der Waals surface area contributed by atoms with Gasteiger partial charge in [0.25, 0.3) is 5.91 Å². The minimum atomic E-state index is -0.177. The van der Waals surface area contributed by atoms with Crippen molar-refractivity contribution in [2.45, 2.75) is 45.9 Å². The Kier molecular flexibility index (Phi) is 5.25. The van der Waals surface area contributed by atoms with Crippen molar-refractivity contribution in [2.24, 2.45) is 0 Å². The average molecular weight is 292 g/mol. The van der Waals surface area contributed by atoms with Crippen LogP contribution in [0.5, 0.6) is 0 Å². The van der Waals surface area contributed by atoms with E-state index in [9.17, 15) is 4.79 Å². The first-order valence-corrected chi connectivity index (χ1v) is 7.42. The van der Waals surface area contributed by atoms with Crippen LogP contribution in [0.2, 0.25) is 0 Å². The maximum absolute atomic E-state index is 12.0. The van der Waals surface area contributed by atoms with Gasteiger partial charge in [-0.25, -0.2) is 4.98 Å². The van der Waals surface area contributed by atoms with Crippen molar-refractivity contribution < 1.29 is 9.53 Å². The smallest absolute Gasteiger partial charge is 0.271 e. The lowest BCUT2D eigenvalue weighted by molar-refractivity contribution is -0.0778. The molecule has 1 aromatic rings. The summed E-state index contributed by atoms with van der Waals surface area (Å²) in [5.41, 5.74) is 1.16. The molecule has 0 bridgehead atoms. The summed E-state index contributed by atoms with van der Waals surface area (Å²) in [4.78, 5) is 22.5. The third-order valence-corrected chi connectivity index (χ3v) is 3.64. The SMILES string of the molecule is Cc1cnc(C(=O)NCC(C)N2CC(C)OC(C)C2)cn1. The second-order valence-corrected chi connectivity index (χ2v) is 5.81. The van der Waals surface area contributed by atoms with Gasteiger partial charge in [-0.3, -0.25) is 14.7 Å². The summed E-state index contributed by atoms with van der Waals surface area (Å²) >= 11 is 0. The van der Waals surface area contributed by atoms with Gasteiger partial charge in [0.15, 0.2) is 0 Å². The van der Waals surface area contributed by atoms with Crippen LogP contribution in [-0.2, 0) is 4.74 Å². The quantitative estimate of drug-likeness (QED) is 0.897. The molecule has 21 heavy (non-hydrogen) atoms. The van der Waals surface area contributed by atoms with Gasteiger partial charge < -0.3 is 10.1 Å². The number of amides is 1. The highest BCUT2D eigenvalue weighted by Gasteiger charge is 2.25. The topological polar surface area (TPSA) is 67.4 Å². The number of ether oxygens (including phenoxy) is 1. The Morgan fingerprint density at radius 3 is 2.62 bits per heavy atom.